The SMILES string of the molecule is CC(C)c1c(C(=O)NCC(C)(C)N2CCOCC2)cnn1-c1cccc(Cl)c1. The molecule has 1 aliphatic heterocycles. The summed E-state index contributed by atoms with van der Waals surface area (Å²) in [6.07, 6.45) is 1.65. The first-order chi connectivity index (χ1) is 13.3. The molecule has 7 heteroatoms. The molecule has 2 aromatic rings. The fourth-order valence-electron chi connectivity index (χ4n) is 3.57. The highest BCUT2D eigenvalue weighted by molar-refractivity contribution is 6.30. The number of nitrogens with one attached hydrogen (secondary N) is 1. The van der Waals surface area contributed by atoms with E-state index in [4.69, 9.17) is 16.3 Å². The first kappa shape index (κ1) is 20.8. The third-order valence-corrected chi connectivity index (χ3v) is 5.43. The van der Waals surface area contributed by atoms with E-state index >= 15 is 0 Å². The van der Waals surface area contributed by atoms with Gasteiger partial charge >= 0.3 is 0 Å². The van der Waals surface area contributed by atoms with Crippen molar-refractivity contribution in [2.75, 3.05) is 32.8 Å². The highest BCUT2D eigenvalue weighted by atomic mass is 35.5. The van der Waals surface area contributed by atoms with Gasteiger partial charge in [0.15, 0.2) is 0 Å². The van der Waals surface area contributed by atoms with Crippen LogP contribution in [0.4, 0.5) is 0 Å². The van der Waals surface area contributed by atoms with Gasteiger partial charge in [-0.2, -0.15) is 5.10 Å². The third-order valence-electron chi connectivity index (χ3n) is 5.20. The van der Waals surface area contributed by atoms with E-state index in [0.29, 0.717) is 17.1 Å². The number of aromatic nitrogens is 2. The molecule has 0 saturated carbocycles. The van der Waals surface area contributed by atoms with Crippen molar-refractivity contribution in [3.05, 3.63) is 46.7 Å². The summed E-state index contributed by atoms with van der Waals surface area (Å²) in [5.41, 5.74) is 2.20. The molecule has 0 unspecified atom stereocenters. The van der Waals surface area contributed by atoms with Crippen molar-refractivity contribution in [3.8, 4) is 5.69 Å². The van der Waals surface area contributed by atoms with Crippen molar-refractivity contribution in [2.45, 2.75) is 39.2 Å². The summed E-state index contributed by atoms with van der Waals surface area (Å²) in [6.45, 7) is 12.2. The maximum absolute atomic E-state index is 13.0. The van der Waals surface area contributed by atoms with Crippen molar-refractivity contribution >= 4 is 17.5 Å². The number of morpholine rings is 1. The molecule has 0 bridgehead atoms. The molecule has 1 aliphatic rings. The summed E-state index contributed by atoms with van der Waals surface area (Å²) < 4.78 is 7.24. The van der Waals surface area contributed by atoms with Gasteiger partial charge in [0.25, 0.3) is 5.91 Å². The van der Waals surface area contributed by atoms with Gasteiger partial charge in [-0.15, -0.1) is 0 Å². The molecule has 1 N–H and O–H groups in total. The molecular formula is C21H29ClN4O2. The number of nitrogens with zero attached hydrogens (tertiary/aromatic N) is 3. The van der Waals surface area contributed by atoms with Crippen LogP contribution in [0.2, 0.25) is 5.02 Å². The Morgan fingerprint density at radius 3 is 2.68 bits per heavy atom. The van der Waals surface area contributed by atoms with Crippen LogP contribution in [0.25, 0.3) is 5.69 Å². The lowest BCUT2D eigenvalue weighted by molar-refractivity contribution is -0.00923. The van der Waals surface area contributed by atoms with E-state index in [0.717, 1.165) is 37.7 Å². The summed E-state index contributed by atoms with van der Waals surface area (Å²) in [7, 11) is 0. The highest BCUT2D eigenvalue weighted by Crippen LogP contribution is 2.25. The molecule has 2 heterocycles. The van der Waals surface area contributed by atoms with E-state index < -0.39 is 0 Å². The Labute approximate surface area is 171 Å². The van der Waals surface area contributed by atoms with Gasteiger partial charge in [-0.1, -0.05) is 31.5 Å². The van der Waals surface area contributed by atoms with E-state index in [1.807, 2.05) is 24.3 Å². The number of amides is 1. The van der Waals surface area contributed by atoms with Crippen LogP contribution in [0.5, 0.6) is 0 Å². The van der Waals surface area contributed by atoms with Crippen LogP contribution < -0.4 is 5.32 Å². The number of hydrogen-bond donors (Lipinski definition) is 1. The van der Waals surface area contributed by atoms with Crippen LogP contribution in [0.1, 0.15) is 49.7 Å². The van der Waals surface area contributed by atoms with Crippen molar-refractivity contribution in [2.24, 2.45) is 0 Å². The molecule has 0 aliphatic carbocycles. The fourth-order valence-corrected chi connectivity index (χ4v) is 3.76. The quantitative estimate of drug-likeness (QED) is 0.800. The lowest BCUT2D eigenvalue weighted by atomic mass is 10.0. The summed E-state index contributed by atoms with van der Waals surface area (Å²) in [4.78, 5) is 15.3. The second-order valence-electron chi connectivity index (χ2n) is 8.08. The number of benzene rings is 1. The Kier molecular flexibility index (Phi) is 6.43. The summed E-state index contributed by atoms with van der Waals surface area (Å²) >= 11 is 6.14. The van der Waals surface area contributed by atoms with E-state index in [1.165, 1.54) is 0 Å². The highest BCUT2D eigenvalue weighted by Gasteiger charge is 2.29. The van der Waals surface area contributed by atoms with Crippen molar-refractivity contribution in [1.29, 1.82) is 0 Å². The standard InChI is InChI=1S/C21H29ClN4O2/c1-15(2)19-18(13-24-26(19)17-7-5-6-16(22)12-17)20(27)23-14-21(3,4)25-8-10-28-11-9-25/h5-7,12-13,15H,8-11,14H2,1-4H3,(H,23,27). The van der Waals surface area contributed by atoms with Gasteiger partial charge in [-0.3, -0.25) is 9.69 Å². The van der Waals surface area contributed by atoms with Gasteiger partial charge in [0.2, 0.25) is 0 Å². The van der Waals surface area contributed by atoms with Crippen LogP contribution in [0, 0.1) is 0 Å². The van der Waals surface area contributed by atoms with E-state index in [9.17, 15) is 4.79 Å². The molecular weight excluding hydrogens is 376 g/mol. The molecule has 1 amide bonds. The Morgan fingerprint density at radius 1 is 1.32 bits per heavy atom. The van der Waals surface area contributed by atoms with Gasteiger partial charge in [0.1, 0.15) is 0 Å². The minimum atomic E-state index is -0.139. The number of carbonyl (C=O) groups is 1. The molecule has 152 valence electrons. The number of halogens is 1. The summed E-state index contributed by atoms with van der Waals surface area (Å²) in [5.74, 6) is 0.0350. The molecule has 1 fully saturated rings. The monoisotopic (exact) mass is 404 g/mol. The lowest BCUT2D eigenvalue weighted by Gasteiger charge is -2.40. The maximum atomic E-state index is 13.0. The summed E-state index contributed by atoms with van der Waals surface area (Å²) in [5, 5.41) is 8.22. The molecule has 1 aromatic heterocycles. The number of carbonyl (C=O) groups excluding carboxylic acids is 1. The number of hydrogen-bond acceptors (Lipinski definition) is 4. The lowest BCUT2D eigenvalue weighted by Crippen LogP contribution is -2.55. The minimum absolute atomic E-state index is 0.0988. The molecule has 0 radical (unpaired) electrons. The van der Waals surface area contributed by atoms with E-state index in [-0.39, 0.29) is 17.4 Å². The smallest absolute Gasteiger partial charge is 0.254 e. The van der Waals surface area contributed by atoms with Crippen molar-refractivity contribution in [1.82, 2.24) is 20.0 Å². The molecule has 1 aromatic carbocycles. The number of ether oxygens (including phenoxy) is 1. The van der Waals surface area contributed by atoms with Crippen LogP contribution in [-0.2, 0) is 4.74 Å². The molecule has 28 heavy (non-hydrogen) atoms. The van der Waals surface area contributed by atoms with Gasteiger partial charge in [0, 0.05) is 30.2 Å². The maximum Gasteiger partial charge on any atom is 0.254 e. The Bertz CT molecular complexity index is 826. The van der Waals surface area contributed by atoms with Crippen LogP contribution in [0.15, 0.2) is 30.5 Å². The van der Waals surface area contributed by atoms with Crippen LogP contribution in [0.3, 0.4) is 0 Å². The topological polar surface area (TPSA) is 59.4 Å². The second kappa shape index (κ2) is 8.64. The zero-order valence-corrected chi connectivity index (χ0v) is 17.8. The van der Waals surface area contributed by atoms with E-state index in [1.54, 1.807) is 10.9 Å². The molecule has 3 rings (SSSR count). The Morgan fingerprint density at radius 2 is 2.04 bits per heavy atom. The normalized spacial score (nSPS) is 15.8. The van der Waals surface area contributed by atoms with Crippen molar-refractivity contribution < 1.29 is 9.53 Å². The largest absolute Gasteiger partial charge is 0.379 e. The van der Waals surface area contributed by atoms with Crippen LogP contribution >= 0.6 is 11.6 Å². The zero-order chi connectivity index (χ0) is 20.3. The summed E-state index contributed by atoms with van der Waals surface area (Å²) in [6, 6.07) is 7.50. The Balaban J connectivity index is 1.78. The third kappa shape index (κ3) is 4.57. The molecule has 6 nitrogen and oxygen atoms in total. The second-order valence-corrected chi connectivity index (χ2v) is 8.52. The molecule has 1 saturated heterocycles. The van der Waals surface area contributed by atoms with Gasteiger partial charge in [-0.05, 0) is 38.0 Å². The van der Waals surface area contributed by atoms with E-state index in [2.05, 4.69) is 43.0 Å². The average Bonchev–Trinajstić information content (AvgIpc) is 3.12. The Hall–Kier alpha value is -1.89. The van der Waals surface area contributed by atoms with Gasteiger partial charge in [0.05, 0.1) is 36.4 Å². The van der Waals surface area contributed by atoms with Gasteiger partial charge in [-0.25, -0.2) is 4.68 Å². The fraction of sp³-hybridized carbons (Fsp3) is 0.524. The first-order valence-electron chi connectivity index (χ1n) is 9.74. The first-order valence-corrected chi connectivity index (χ1v) is 10.1. The minimum Gasteiger partial charge on any atom is -0.379 e. The van der Waals surface area contributed by atoms with Crippen LogP contribution in [-0.4, -0.2) is 59.0 Å². The van der Waals surface area contributed by atoms with Gasteiger partial charge < -0.3 is 10.1 Å². The average molecular weight is 405 g/mol. The predicted octanol–water partition coefficient (Wildman–Crippen LogP) is 3.49. The predicted molar refractivity (Wildman–Crippen MR) is 111 cm³/mol. The molecule has 0 atom stereocenters. The zero-order valence-electron chi connectivity index (χ0n) is 17.0. The molecule has 0 spiro atoms. The van der Waals surface area contributed by atoms with Crippen molar-refractivity contribution in [3.63, 3.8) is 0 Å². The number of rotatable bonds is 6.